The molecule has 4 aromatic carbocycles. The smallest absolute Gasteiger partial charge is 0.357 e. The van der Waals surface area contributed by atoms with Crippen LogP contribution in [0.3, 0.4) is 0 Å². The van der Waals surface area contributed by atoms with Crippen LogP contribution >= 0.6 is 15.2 Å². The van der Waals surface area contributed by atoms with E-state index in [4.69, 9.17) is 22.8 Å². The second-order valence-electron chi connectivity index (χ2n) is 9.82. The van der Waals surface area contributed by atoms with Gasteiger partial charge in [0.25, 0.3) is 0 Å². The molecule has 0 saturated heterocycles. The van der Waals surface area contributed by atoms with Crippen molar-refractivity contribution in [1.29, 1.82) is 0 Å². The first-order valence-corrected chi connectivity index (χ1v) is 18.3. The Morgan fingerprint density at radius 3 is 1.09 bits per heavy atom. The van der Waals surface area contributed by atoms with Gasteiger partial charge < -0.3 is 33.5 Å². The standard InChI is InChI=1S/C34H42N2O7P2/c1-5-39-44(37,40-6-2)33(27-15-11-9-12-16-27)35-29-19-23-31(24-20-29)43-32-25-21-30(22-26-32)36-34(28-17-13-10-14-18-28)45(38,41-7-3)42-8-4/h9-26,33-36H,5-8H2,1-4H3. The van der Waals surface area contributed by atoms with E-state index in [1.54, 1.807) is 27.7 Å². The third-order valence-corrected chi connectivity index (χ3v) is 11.2. The van der Waals surface area contributed by atoms with E-state index in [0.29, 0.717) is 11.5 Å². The van der Waals surface area contributed by atoms with Crippen LogP contribution in [0, 0.1) is 0 Å². The summed E-state index contributed by atoms with van der Waals surface area (Å²) >= 11 is 0. The van der Waals surface area contributed by atoms with Gasteiger partial charge in [-0.1, -0.05) is 60.7 Å². The molecule has 0 fully saturated rings. The molecule has 4 rings (SSSR count). The fourth-order valence-corrected chi connectivity index (χ4v) is 8.62. The van der Waals surface area contributed by atoms with Gasteiger partial charge in [0.1, 0.15) is 11.5 Å². The van der Waals surface area contributed by atoms with Crippen LogP contribution in [-0.2, 0) is 27.2 Å². The molecular formula is C34H42N2O7P2. The van der Waals surface area contributed by atoms with Gasteiger partial charge in [0.15, 0.2) is 11.6 Å². The highest BCUT2D eigenvalue weighted by atomic mass is 31.2. The van der Waals surface area contributed by atoms with Crippen molar-refractivity contribution in [3.63, 3.8) is 0 Å². The summed E-state index contributed by atoms with van der Waals surface area (Å²) in [5, 5.41) is 6.69. The predicted octanol–water partition coefficient (Wildman–Crippen LogP) is 10.2. The zero-order chi connectivity index (χ0) is 32.1. The Kier molecular flexibility index (Phi) is 12.8. The van der Waals surface area contributed by atoms with Crippen molar-refractivity contribution in [3.05, 3.63) is 120 Å². The summed E-state index contributed by atoms with van der Waals surface area (Å²) in [6.07, 6.45) is 0. The topological polar surface area (TPSA) is 104 Å². The Bertz CT molecular complexity index is 1400. The van der Waals surface area contributed by atoms with Crippen molar-refractivity contribution in [3.8, 4) is 11.5 Å². The summed E-state index contributed by atoms with van der Waals surface area (Å²) in [4.78, 5) is 0. The molecule has 2 N–H and O–H groups in total. The van der Waals surface area contributed by atoms with Crippen molar-refractivity contribution in [2.45, 2.75) is 39.3 Å². The maximum Gasteiger partial charge on any atom is 0.357 e. The van der Waals surface area contributed by atoms with Gasteiger partial charge in [0.2, 0.25) is 0 Å². The Labute approximate surface area is 266 Å². The molecule has 2 unspecified atom stereocenters. The van der Waals surface area contributed by atoms with Crippen LogP contribution in [-0.4, -0.2) is 26.4 Å². The molecule has 2 atom stereocenters. The number of hydrogen-bond donors (Lipinski definition) is 2. The highest BCUT2D eigenvalue weighted by Crippen LogP contribution is 2.61. The van der Waals surface area contributed by atoms with Crippen LogP contribution < -0.4 is 15.4 Å². The molecule has 0 amide bonds. The lowest BCUT2D eigenvalue weighted by molar-refractivity contribution is 0.213. The van der Waals surface area contributed by atoms with E-state index in [9.17, 15) is 9.13 Å². The molecule has 0 aliphatic rings. The molecule has 0 aromatic heterocycles. The monoisotopic (exact) mass is 652 g/mol. The van der Waals surface area contributed by atoms with Gasteiger partial charge in [-0.3, -0.25) is 9.13 Å². The average Bonchev–Trinajstić information content (AvgIpc) is 3.05. The van der Waals surface area contributed by atoms with E-state index in [0.717, 1.165) is 22.5 Å². The lowest BCUT2D eigenvalue weighted by Gasteiger charge is -2.28. The molecule has 9 nitrogen and oxygen atoms in total. The van der Waals surface area contributed by atoms with Crippen LogP contribution in [0.5, 0.6) is 11.5 Å². The minimum absolute atomic E-state index is 0.259. The van der Waals surface area contributed by atoms with Gasteiger partial charge in [-0.05, 0) is 87.4 Å². The first kappa shape index (κ1) is 34.5. The van der Waals surface area contributed by atoms with Crippen LogP contribution in [0.4, 0.5) is 11.4 Å². The van der Waals surface area contributed by atoms with Gasteiger partial charge in [-0.2, -0.15) is 0 Å². The van der Waals surface area contributed by atoms with Crippen molar-refractivity contribution < 1.29 is 32.0 Å². The Morgan fingerprint density at radius 2 is 0.800 bits per heavy atom. The molecule has 4 aromatic rings. The second kappa shape index (κ2) is 16.8. The molecule has 0 radical (unpaired) electrons. The normalized spacial score (nSPS) is 13.2. The van der Waals surface area contributed by atoms with E-state index >= 15 is 0 Å². The van der Waals surface area contributed by atoms with Crippen molar-refractivity contribution in [2.24, 2.45) is 0 Å². The Morgan fingerprint density at radius 1 is 0.489 bits per heavy atom. The SMILES string of the molecule is CCOP(=O)(OCC)C(Nc1ccc(Oc2ccc(NC(c3ccccc3)P(=O)(OCC)OCC)cc2)cc1)c1ccccc1. The van der Waals surface area contributed by atoms with Crippen molar-refractivity contribution in [1.82, 2.24) is 0 Å². The molecule has 0 aliphatic heterocycles. The van der Waals surface area contributed by atoms with E-state index in [-0.39, 0.29) is 26.4 Å². The quantitative estimate of drug-likeness (QED) is 0.102. The maximum absolute atomic E-state index is 13.8. The summed E-state index contributed by atoms with van der Waals surface area (Å²) in [5.41, 5.74) is 3.06. The largest absolute Gasteiger partial charge is 0.457 e. The van der Waals surface area contributed by atoms with Crippen LogP contribution in [0.1, 0.15) is 50.4 Å². The Balaban J connectivity index is 1.48. The van der Waals surface area contributed by atoms with Gasteiger partial charge in [-0.25, -0.2) is 0 Å². The number of benzene rings is 4. The summed E-state index contributed by atoms with van der Waals surface area (Å²) in [6.45, 7) is 8.22. The number of rotatable bonds is 18. The lowest BCUT2D eigenvalue weighted by Crippen LogP contribution is -2.15. The zero-order valence-electron chi connectivity index (χ0n) is 26.1. The minimum atomic E-state index is -3.52. The van der Waals surface area contributed by atoms with Gasteiger partial charge in [-0.15, -0.1) is 0 Å². The van der Waals surface area contributed by atoms with Crippen molar-refractivity contribution >= 4 is 26.6 Å². The van der Waals surface area contributed by atoms with Crippen LogP contribution in [0.2, 0.25) is 0 Å². The van der Waals surface area contributed by atoms with E-state index in [2.05, 4.69) is 10.6 Å². The maximum atomic E-state index is 13.8. The number of nitrogens with one attached hydrogen (secondary N) is 2. The summed E-state index contributed by atoms with van der Waals surface area (Å²) in [7, 11) is -7.04. The van der Waals surface area contributed by atoms with E-state index < -0.39 is 26.8 Å². The summed E-state index contributed by atoms with van der Waals surface area (Å²) in [6, 6.07) is 33.7. The fourth-order valence-electron chi connectivity index (χ4n) is 4.74. The molecule has 11 heteroatoms. The highest BCUT2D eigenvalue weighted by Gasteiger charge is 2.38. The molecule has 0 heterocycles. The number of ether oxygens (including phenoxy) is 1. The van der Waals surface area contributed by atoms with E-state index in [1.165, 1.54) is 0 Å². The summed E-state index contributed by atoms with van der Waals surface area (Å²) in [5.74, 6) is -0.138. The third kappa shape index (κ3) is 9.30. The molecule has 240 valence electrons. The predicted molar refractivity (Wildman–Crippen MR) is 180 cm³/mol. The van der Waals surface area contributed by atoms with Gasteiger partial charge in [0.05, 0.1) is 26.4 Å². The molecule has 0 aliphatic carbocycles. The van der Waals surface area contributed by atoms with Crippen molar-refractivity contribution in [2.75, 3.05) is 37.1 Å². The number of anilines is 2. The first-order chi connectivity index (χ1) is 21.8. The highest BCUT2D eigenvalue weighted by molar-refractivity contribution is 7.54. The molecule has 45 heavy (non-hydrogen) atoms. The summed E-state index contributed by atoms with van der Waals surface area (Å²) < 4.78 is 56.3. The second-order valence-corrected chi connectivity index (χ2v) is 14.0. The number of hydrogen-bond acceptors (Lipinski definition) is 9. The van der Waals surface area contributed by atoms with Gasteiger partial charge >= 0.3 is 15.2 Å². The minimum Gasteiger partial charge on any atom is -0.457 e. The average molecular weight is 653 g/mol. The molecule has 0 bridgehead atoms. The van der Waals surface area contributed by atoms with Crippen LogP contribution in [0.15, 0.2) is 109 Å². The molecular weight excluding hydrogens is 610 g/mol. The van der Waals surface area contributed by atoms with Gasteiger partial charge in [0, 0.05) is 11.4 Å². The molecule has 0 saturated carbocycles. The zero-order valence-corrected chi connectivity index (χ0v) is 27.9. The third-order valence-electron chi connectivity index (χ3n) is 6.65. The fraction of sp³-hybridized carbons (Fsp3) is 0.294. The first-order valence-electron chi connectivity index (χ1n) is 15.1. The lowest BCUT2D eigenvalue weighted by atomic mass is 10.2. The molecule has 0 spiro atoms. The van der Waals surface area contributed by atoms with E-state index in [1.807, 2.05) is 109 Å². The Hall–Kier alpha value is -3.42. The van der Waals surface area contributed by atoms with Crippen LogP contribution in [0.25, 0.3) is 0 Å².